The SMILES string of the molecule is Cc1ccc([C@@H]2CCON2)cn1. The Bertz CT molecular complexity index is 252. The third-order valence-electron chi connectivity index (χ3n) is 2.07. The zero-order chi connectivity index (χ0) is 8.39. The van der Waals surface area contributed by atoms with E-state index in [9.17, 15) is 0 Å². The zero-order valence-corrected chi connectivity index (χ0v) is 7.08. The molecule has 3 heteroatoms. The zero-order valence-electron chi connectivity index (χ0n) is 7.08. The van der Waals surface area contributed by atoms with Crippen molar-refractivity contribution in [2.45, 2.75) is 19.4 Å². The summed E-state index contributed by atoms with van der Waals surface area (Å²) < 4.78 is 0. The van der Waals surface area contributed by atoms with E-state index in [4.69, 9.17) is 4.84 Å². The highest BCUT2D eigenvalue weighted by Crippen LogP contribution is 2.19. The van der Waals surface area contributed by atoms with Crippen LogP contribution >= 0.6 is 0 Å². The molecular weight excluding hydrogens is 152 g/mol. The molecule has 1 aliphatic rings. The number of hydrogen-bond donors (Lipinski definition) is 1. The Morgan fingerprint density at radius 1 is 1.58 bits per heavy atom. The predicted molar refractivity (Wildman–Crippen MR) is 45.4 cm³/mol. The van der Waals surface area contributed by atoms with Crippen LogP contribution in [-0.2, 0) is 4.84 Å². The average Bonchev–Trinajstić information content (AvgIpc) is 2.58. The van der Waals surface area contributed by atoms with Crippen LogP contribution in [0, 0.1) is 6.92 Å². The van der Waals surface area contributed by atoms with Gasteiger partial charge >= 0.3 is 0 Å². The van der Waals surface area contributed by atoms with E-state index in [1.807, 2.05) is 19.2 Å². The summed E-state index contributed by atoms with van der Waals surface area (Å²) in [6, 6.07) is 4.45. The minimum atomic E-state index is 0.332. The van der Waals surface area contributed by atoms with Gasteiger partial charge in [-0.05, 0) is 25.0 Å². The van der Waals surface area contributed by atoms with Gasteiger partial charge < -0.3 is 4.84 Å². The highest BCUT2D eigenvalue weighted by atomic mass is 16.7. The molecule has 0 aliphatic carbocycles. The molecule has 2 rings (SSSR count). The van der Waals surface area contributed by atoms with Crippen LogP contribution in [0.1, 0.15) is 23.7 Å². The van der Waals surface area contributed by atoms with Crippen molar-refractivity contribution in [1.29, 1.82) is 0 Å². The van der Waals surface area contributed by atoms with E-state index in [0.29, 0.717) is 6.04 Å². The number of aromatic nitrogens is 1. The Kier molecular flexibility index (Phi) is 2.06. The molecule has 0 unspecified atom stereocenters. The van der Waals surface area contributed by atoms with Crippen molar-refractivity contribution < 1.29 is 4.84 Å². The van der Waals surface area contributed by atoms with Gasteiger partial charge in [0.05, 0.1) is 12.6 Å². The molecule has 1 saturated heterocycles. The maximum Gasteiger partial charge on any atom is 0.0701 e. The van der Waals surface area contributed by atoms with Gasteiger partial charge in [-0.1, -0.05) is 6.07 Å². The Morgan fingerprint density at radius 3 is 3.08 bits per heavy atom. The van der Waals surface area contributed by atoms with Crippen LogP contribution in [0.4, 0.5) is 0 Å². The largest absolute Gasteiger partial charge is 0.301 e. The van der Waals surface area contributed by atoms with Gasteiger partial charge in [-0.25, -0.2) is 0 Å². The topological polar surface area (TPSA) is 34.1 Å². The van der Waals surface area contributed by atoms with Gasteiger partial charge in [-0.3, -0.25) is 4.98 Å². The van der Waals surface area contributed by atoms with Crippen molar-refractivity contribution in [2.24, 2.45) is 0 Å². The quantitative estimate of drug-likeness (QED) is 0.680. The smallest absolute Gasteiger partial charge is 0.0701 e. The Balaban J connectivity index is 2.17. The lowest BCUT2D eigenvalue weighted by Crippen LogP contribution is -2.11. The van der Waals surface area contributed by atoms with Crippen LogP contribution in [0.2, 0.25) is 0 Å². The van der Waals surface area contributed by atoms with E-state index in [0.717, 1.165) is 18.7 Å². The number of rotatable bonds is 1. The molecule has 0 aromatic carbocycles. The molecule has 2 heterocycles. The third kappa shape index (κ3) is 1.47. The lowest BCUT2D eigenvalue weighted by Gasteiger charge is -2.07. The first-order valence-corrected chi connectivity index (χ1v) is 4.16. The lowest BCUT2D eigenvalue weighted by atomic mass is 10.1. The summed E-state index contributed by atoms with van der Waals surface area (Å²) in [4.78, 5) is 9.29. The van der Waals surface area contributed by atoms with E-state index in [-0.39, 0.29) is 0 Å². The van der Waals surface area contributed by atoms with Gasteiger partial charge in [-0.15, -0.1) is 0 Å². The third-order valence-corrected chi connectivity index (χ3v) is 2.07. The van der Waals surface area contributed by atoms with Crippen LogP contribution < -0.4 is 5.48 Å². The second kappa shape index (κ2) is 3.21. The van der Waals surface area contributed by atoms with Crippen molar-refractivity contribution in [3.63, 3.8) is 0 Å². The second-order valence-corrected chi connectivity index (χ2v) is 3.04. The van der Waals surface area contributed by atoms with E-state index < -0.39 is 0 Å². The average molecular weight is 164 g/mol. The monoisotopic (exact) mass is 164 g/mol. The van der Waals surface area contributed by atoms with Crippen molar-refractivity contribution in [3.05, 3.63) is 29.6 Å². The summed E-state index contributed by atoms with van der Waals surface area (Å²) in [7, 11) is 0. The van der Waals surface area contributed by atoms with Gasteiger partial charge in [-0.2, -0.15) is 5.48 Å². The second-order valence-electron chi connectivity index (χ2n) is 3.04. The van der Waals surface area contributed by atoms with Gasteiger partial charge in [0.15, 0.2) is 0 Å². The van der Waals surface area contributed by atoms with Crippen LogP contribution in [-0.4, -0.2) is 11.6 Å². The maximum absolute atomic E-state index is 5.06. The van der Waals surface area contributed by atoms with Crippen molar-refractivity contribution >= 4 is 0 Å². The molecule has 1 fully saturated rings. The van der Waals surface area contributed by atoms with E-state index >= 15 is 0 Å². The van der Waals surface area contributed by atoms with Crippen LogP contribution in [0.5, 0.6) is 0 Å². The number of nitrogens with zero attached hydrogens (tertiary/aromatic N) is 1. The minimum Gasteiger partial charge on any atom is -0.301 e. The van der Waals surface area contributed by atoms with Gasteiger partial charge in [0.25, 0.3) is 0 Å². The molecule has 0 spiro atoms. The first-order chi connectivity index (χ1) is 5.86. The molecule has 12 heavy (non-hydrogen) atoms. The maximum atomic E-state index is 5.06. The van der Waals surface area contributed by atoms with Gasteiger partial charge in [0, 0.05) is 11.9 Å². The number of nitrogens with one attached hydrogen (secondary N) is 1. The summed E-state index contributed by atoms with van der Waals surface area (Å²) in [5.74, 6) is 0. The number of hydrogen-bond acceptors (Lipinski definition) is 3. The summed E-state index contributed by atoms with van der Waals surface area (Å²) in [5.41, 5.74) is 5.21. The summed E-state index contributed by atoms with van der Waals surface area (Å²) in [6.07, 6.45) is 2.94. The number of aryl methyl sites for hydroxylation is 1. The first kappa shape index (κ1) is 7.71. The molecule has 1 N–H and O–H groups in total. The first-order valence-electron chi connectivity index (χ1n) is 4.16. The fraction of sp³-hybridized carbons (Fsp3) is 0.444. The molecule has 0 bridgehead atoms. The fourth-order valence-corrected chi connectivity index (χ4v) is 1.32. The molecular formula is C9H12N2O. The Morgan fingerprint density at radius 2 is 2.50 bits per heavy atom. The molecule has 0 amide bonds. The molecule has 0 radical (unpaired) electrons. The van der Waals surface area contributed by atoms with Gasteiger partial charge in [0.2, 0.25) is 0 Å². The Labute approximate surface area is 71.7 Å². The van der Waals surface area contributed by atoms with Crippen molar-refractivity contribution in [2.75, 3.05) is 6.61 Å². The summed E-state index contributed by atoms with van der Waals surface area (Å²) in [5, 5.41) is 0. The van der Waals surface area contributed by atoms with Crippen LogP contribution in [0.15, 0.2) is 18.3 Å². The minimum absolute atomic E-state index is 0.332. The molecule has 1 atom stereocenters. The summed E-state index contributed by atoms with van der Waals surface area (Å²) in [6.45, 7) is 2.78. The van der Waals surface area contributed by atoms with E-state index in [1.54, 1.807) is 0 Å². The normalized spacial score (nSPS) is 22.9. The number of hydroxylamine groups is 1. The Hall–Kier alpha value is -0.930. The van der Waals surface area contributed by atoms with Crippen LogP contribution in [0.25, 0.3) is 0 Å². The van der Waals surface area contributed by atoms with Gasteiger partial charge in [0.1, 0.15) is 0 Å². The molecule has 0 saturated carbocycles. The molecule has 1 aromatic heterocycles. The molecule has 3 nitrogen and oxygen atoms in total. The van der Waals surface area contributed by atoms with E-state index in [2.05, 4.69) is 16.5 Å². The highest BCUT2D eigenvalue weighted by Gasteiger charge is 2.16. The highest BCUT2D eigenvalue weighted by molar-refractivity contribution is 5.17. The fourth-order valence-electron chi connectivity index (χ4n) is 1.32. The lowest BCUT2D eigenvalue weighted by molar-refractivity contribution is 0.0882. The molecule has 1 aromatic rings. The van der Waals surface area contributed by atoms with Crippen molar-refractivity contribution in [1.82, 2.24) is 10.5 Å². The standard InChI is InChI=1S/C9H12N2O/c1-7-2-3-8(6-10-7)9-4-5-12-11-9/h2-3,6,9,11H,4-5H2,1H3/t9-/m0/s1. The van der Waals surface area contributed by atoms with Crippen LogP contribution in [0.3, 0.4) is 0 Å². The van der Waals surface area contributed by atoms with E-state index in [1.165, 1.54) is 5.56 Å². The molecule has 64 valence electrons. The molecule has 1 aliphatic heterocycles. The van der Waals surface area contributed by atoms with Crippen molar-refractivity contribution in [3.8, 4) is 0 Å². The number of pyridine rings is 1. The predicted octanol–water partition coefficient (Wildman–Crippen LogP) is 1.36. The summed E-state index contributed by atoms with van der Waals surface area (Å²) >= 11 is 0.